The standard InChI is InChI=1S/C23H25Cl2N5O3/c1-23(2,3)33-22(31)29-8-6-16(7-9-29)32-21-11-20(26-13-27-21)30-12-19(28-14-30)15-4-5-17(24)18(25)10-15/h4-5,10-14,16H,6-9H2,1-3H3. The number of aromatic nitrogens is 4. The van der Waals surface area contributed by atoms with Gasteiger partial charge in [0.25, 0.3) is 0 Å². The van der Waals surface area contributed by atoms with Gasteiger partial charge >= 0.3 is 6.09 Å². The third-order valence-electron chi connectivity index (χ3n) is 5.07. The molecule has 4 rings (SSSR count). The van der Waals surface area contributed by atoms with Gasteiger partial charge in [-0.15, -0.1) is 0 Å². The normalized spacial score (nSPS) is 14.9. The molecule has 1 fully saturated rings. The van der Waals surface area contributed by atoms with E-state index >= 15 is 0 Å². The van der Waals surface area contributed by atoms with Crippen LogP contribution in [0.4, 0.5) is 4.79 Å². The average molecular weight is 490 g/mol. The van der Waals surface area contributed by atoms with Crippen molar-refractivity contribution < 1.29 is 14.3 Å². The second kappa shape index (κ2) is 9.57. The SMILES string of the molecule is CC(C)(C)OC(=O)N1CCC(Oc2cc(-n3cnc(-c4ccc(Cl)c(Cl)c4)c3)ncn2)CC1. The zero-order valence-electron chi connectivity index (χ0n) is 18.7. The van der Waals surface area contributed by atoms with Crippen molar-refractivity contribution in [3.63, 3.8) is 0 Å². The summed E-state index contributed by atoms with van der Waals surface area (Å²) in [5, 5.41) is 0.966. The quantitative estimate of drug-likeness (QED) is 0.486. The van der Waals surface area contributed by atoms with E-state index in [1.165, 1.54) is 6.33 Å². The highest BCUT2D eigenvalue weighted by Crippen LogP contribution is 2.28. The number of ether oxygens (including phenoxy) is 2. The minimum atomic E-state index is -0.505. The first-order valence-electron chi connectivity index (χ1n) is 10.6. The van der Waals surface area contributed by atoms with Crippen LogP contribution in [0.1, 0.15) is 33.6 Å². The van der Waals surface area contributed by atoms with E-state index in [0.29, 0.717) is 47.7 Å². The Hall–Kier alpha value is -2.84. The van der Waals surface area contributed by atoms with Crippen molar-refractivity contribution in [1.29, 1.82) is 0 Å². The number of benzene rings is 1. The van der Waals surface area contributed by atoms with Gasteiger partial charge in [-0.3, -0.25) is 4.57 Å². The summed E-state index contributed by atoms with van der Waals surface area (Å²) in [4.78, 5) is 27.0. The second-order valence-electron chi connectivity index (χ2n) is 8.79. The molecule has 0 aliphatic carbocycles. The predicted octanol–water partition coefficient (Wildman–Crippen LogP) is 5.41. The molecular weight excluding hydrogens is 465 g/mol. The molecule has 3 aromatic rings. The molecule has 1 saturated heterocycles. The molecule has 0 radical (unpaired) electrons. The van der Waals surface area contributed by atoms with Gasteiger partial charge in [-0.05, 0) is 32.9 Å². The van der Waals surface area contributed by atoms with Gasteiger partial charge in [0.1, 0.15) is 30.2 Å². The van der Waals surface area contributed by atoms with Crippen LogP contribution in [-0.2, 0) is 4.74 Å². The molecule has 2 aromatic heterocycles. The largest absolute Gasteiger partial charge is 0.474 e. The van der Waals surface area contributed by atoms with Crippen molar-refractivity contribution in [1.82, 2.24) is 24.4 Å². The van der Waals surface area contributed by atoms with Crippen LogP contribution in [0.15, 0.2) is 43.1 Å². The number of imidazole rings is 1. The van der Waals surface area contributed by atoms with Crippen molar-refractivity contribution in [2.24, 2.45) is 0 Å². The number of rotatable bonds is 4. The van der Waals surface area contributed by atoms with Gasteiger partial charge in [-0.1, -0.05) is 29.3 Å². The summed E-state index contributed by atoms with van der Waals surface area (Å²) < 4.78 is 13.3. The molecule has 1 amide bonds. The van der Waals surface area contributed by atoms with Crippen LogP contribution < -0.4 is 4.74 Å². The molecule has 0 N–H and O–H groups in total. The number of halogens is 2. The number of hydrogen-bond donors (Lipinski definition) is 0. The highest BCUT2D eigenvalue weighted by atomic mass is 35.5. The van der Waals surface area contributed by atoms with E-state index in [9.17, 15) is 4.79 Å². The maximum Gasteiger partial charge on any atom is 0.410 e. The van der Waals surface area contributed by atoms with Crippen LogP contribution in [0.25, 0.3) is 17.1 Å². The Morgan fingerprint density at radius 3 is 2.52 bits per heavy atom. The molecule has 3 heterocycles. The smallest absolute Gasteiger partial charge is 0.410 e. The monoisotopic (exact) mass is 489 g/mol. The van der Waals surface area contributed by atoms with Crippen LogP contribution >= 0.6 is 23.2 Å². The molecule has 33 heavy (non-hydrogen) atoms. The highest BCUT2D eigenvalue weighted by molar-refractivity contribution is 6.42. The van der Waals surface area contributed by atoms with Crippen molar-refractivity contribution in [3.05, 3.63) is 53.2 Å². The first-order valence-corrected chi connectivity index (χ1v) is 11.4. The van der Waals surface area contributed by atoms with E-state index in [2.05, 4.69) is 15.0 Å². The lowest BCUT2D eigenvalue weighted by Crippen LogP contribution is -2.44. The van der Waals surface area contributed by atoms with Crippen LogP contribution in [0.2, 0.25) is 10.0 Å². The van der Waals surface area contributed by atoms with Gasteiger partial charge in [0, 0.05) is 43.8 Å². The number of amides is 1. The summed E-state index contributed by atoms with van der Waals surface area (Å²) in [5.74, 6) is 1.10. The van der Waals surface area contributed by atoms with Gasteiger partial charge in [0.05, 0.1) is 15.7 Å². The number of nitrogens with zero attached hydrogens (tertiary/aromatic N) is 5. The minimum Gasteiger partial charge on any atom is -0.474 e. The highest BCUT2D eigenvalue weighted by Gasteiger charge is 2.28. The van der Waals surface area contributed by atoms with Crippen molar-refractivity contribution >= 4 is 29.3 Å². The molecule has 1 aromatic carbocycles. The molecule has 0 atom stereocenters. The van der Waals surface area contributed by atoms with E-state index in [1.807, 2.05) is 33.0 Å². The van der Waals surface area contributed by atoms with Gasteiger partial charge in [-0.25, -0.2) is 19.7 Å². The first kappa shape index (κ1) is 23.3. The van der Waals surface area contributed by atoms with E-state index < -0.39 is 5.60 Å². The van der Waals surface area contributed by atoms with Crippen molar-refractivity contribution in [2.45, 2.75) is 45.3 Å². The summed E-state index contributed by atoms with van der Waals surface area (Å²) in [6.45, 7) is 6.74. The topological polar surface area (TPSA) is 82.4 Å². The lowest BCUT2D eigenvalue weighted by Gasteiger charge is -2.33. The fourth-order valence-corrected chi connectivity index (χ4v) is 3.74. The van der Waals surface area contributed by atoms with Gasteiger partial charge in [0.2, 0.25) is 5.88 Å². The number of carbonyl (C=O) groups is 1. The molecule has 0 unspecified atom stereocenters. The molecule has 10 heteroatoms. The Morgan fingerprint density at radius 2 is 1.82 bits per heavy atom. The fraction of sp³-hybridized carbons (Fsp3) is 0.391. The molecule has 8 nitrogen and oxygen atoms in total. The zero-order chi connectivity index (χ0) is 23.6. The first-order chi connectivity index (χ1) is 15.7. The lowest BCUT2D eigenvalue weighted by molar-refractivity contribution is 0.0123. The molecular formula is C23H25Cl2N5O3. The maximum atomic E-state index is 12.2. The third kappa shape index (κ3) is 5.94. The van der Waals surface area contributed by atoms with E-state index in [4.69, 9.17) is 32.7 Å². The molecule has 0 saturated carbocycles. The van der Waals surface area contributed by atoms with Crippen LogP contribution in [0.5, 0.6) is 5.88 Å². The number of carbonyl (C=O) groups excluding carboxylic acids is 1. The molecule has 1 aliphatic rings. The number of likely N-dealkylation sites (tertiary alicyclic amines) is 1. The Morgan fingerprint density at radius 1 is 1.06 bits per heavy atom. The summed E-state index contributed by atoms with van der Waals surface area (Å²) in [5.41, 5.74) is 1.09. The molecule has 1 aliphatic heterocycles. The van der Waals surface area contributed by atoms with Gasteiger partial charge in [0.15, 0.2) is 0 Å². The van der Waals surface area contributed by atoms with Crippen molar-refractivity contribution in [2.75, 3.05) is 13.1 Å². The van der Waals surface area contributed by atoms with Crippen LogP contribution in [-0.4, -0.2) is 55.3 Å². The molecule has 0 spiro atoms. The molecule has 174 valence electrons. The van der Waals surface area contributed by atoms with E-state index in [0.717, 1.165) is 11.3 Å². The van der Waals surface area contributed by atoms with Crippen molar-refractivity contribution in [3.8, 4) is 23.0 Å². The Bertz CT molecular complexity index is 1140. The van der Waals surface area contributed by atoms with Gasteiger partial charge < -0.3 is 14.4 Å². The summed E-state index contributed by atoms with van der Waals surface area (Å²) in [7, 11) is 0. The Balaban J connectivity index is 1.39. The summed E-state index contributed by atoms with van der Waals surface area (Å²) in [6.07, 6.45) is 6.05. The second-order valence-corrected chi connectivity index (χ2v) is 9.61. The van der Waals surface area contributed by atoms with Crippen LogP contribution in [0.3, 0.4) is 0 Å². The van der Waals surface area contributed by atoms with Crippen LogP contribution in [0, 0.1) is 0 Å². The molecule has 0 bridgehead atoms. The van der Waals surface area contributed by atoms with E-state index in [-0.39, 0.29) is 12.2 Å². The van der Waals surface area contributed by atoms with Gasteiger partial charge in [-0.2, -0.15) is 0 Å². The summed E-state index contributed by atoms with van der Waals surface area (Å²) >= 11 is 12.1. The maximum absolute atomic E-state index is 12.2. The number of piperidine rings is 1. The average Bonchev–Trinajstić information content (AvgIpc) is 3.26. The lowest BCUT2D eigenvalue weighted by atomic mass is 10.1. The third-order valence-corrected chi connectivity index (χ3v) is 5.81. The number of hydrogen-bond acceptors (Lipinski definition) is 6. The Kier molecular flexibility index (Phi) is 6.76. The van der Waals surface area contributed by atoms with E-state index in [1.54, 1.807) is 34.0 Å². The minimum absolute atomic E-state index is 0.0407. The fourth-order valence-electron chi connectivity index (χ4n) is 3.44. The zero-order valence-corrected chi connectivity index (χ0v) is 20.2. The predicted molar refractivity (Wildman–Crippen MR) is 126 cm³/mol. The summed E-state index contributed by atoms with van der Waals surface area (Å²) in [6, 6.07) is 7.14. The Labute approximate surface area is 202 Å².